The monoisotopic (exact) mass is 384 g/mol. The Labute approximate surface area is 149 Å². The van der Waals surface area contributed by atoms with Crippen LogP contribution in [-0.2, 0) is 0 Å². The van der Waals surface area contributed by atoms with Gasteiger partial charge in [0.1, 0.15) is 11.5 Å². The van der Waals surface area contributed by atoms with E-state index in [9.17, 15) is 4.79 Å². The summed E-state index contributed by atoms with van der Waals surface area (Å²) in [6, 6.07) is 18.5. The Balaban J connectivity index is 1.87. The van der Waals surface area contributed by atoms with E-state index < -0.39 is 5.97 Å². The van der Waals surface area contributed by atoms with Gasteiger partial charge in [0, 0.05) is 9.86 Å². The van der Waals surface area contributed by atoms with Gasteiger partial charge in [-0.15, -0.1) is 0 Å². The van der Waals surface area contributed by atoms with Crippen LogP contribution in [0.2, 0.25) is 0 Å². The fourth-order valence-corrected chi connectivity index (χ4v) is 2.89. The van der Waals surface area contributed by atoms with Crippen molar-refractivity contribution >= 4 is 32.7 Å². The van der Waals surface area contributed by atoms with Crippen LogP contribution in [-0.4, -0.2) is 12.6 Å². The fraction of sp³-hybridized carbons (Fsp3) is 0.150. The van der Waals surface area contributed by atoms with Gasteiger partial charge in [0.15, 0.2) is 0 Å². The van der Waals surface area contributed by atoms with Crippen molar-refractivity contribution in [3.05, 3.63) is 70.7 Å². The molecule has 24 heavy (non-hydrogen) atoms. The minimum atomic E-state index is -0.399. The lowest BCUT2D eigenvalue weighted by molar-refractivity contribution is 0.0736. The average Bonchev–Trinajstić information content (AvgIpc) is 2.63. The third kappa shape index (κ3) is 3.60. The van der Waals surface area contributed by atoms with Gasteiger partial charge in [-0.1, -0.05) is 53.2 Å². The second-order valence-electron chi connectivity index (χ2n) is 5.36. The molecule has 0 aromatic heterocycles. The predicted octanol–water partition coefficient (Wildman–Crippen LogP) is 5.61. The smallest absolute Gasteiger partial charge is 0.343 e. The van der Waals surface area contributed by atoms with Crippen LogP contribution in [0.4, 0.5) is 0 Å². The number of esters is 1. The van der Waals surface area contributed by atoms with Crippen LogP contribution in [0.3, 0.4) is 0 Å². The van der Waals surface area contributed by atoms with E-state index in [0.29, 0.717) is 23.7 Å². The molecular formula is C20H17BrO3. The number of hydrogen-bond acceptors (Lipinski definition) is 3. The molecule has 0 heterocycles. The number of fused-ring (bicyclic) bond motifs is 1. The molecule has 0 bridgehead atoms. The standard InChI is InChI=1S/C20H17BrO3/c1-2-12-23-15-7-5-6-14(13-15)20(22)24-19-11-10-18(21)16-8-3-4-9-17(16)19/h3-11,13H,2,12H2,1H3. The number of rotatable bonds is 5. The van der Waals surface area contributed by atoms with Crippen LogP contribution in [0, 0.1) is 0 Å². The van der Waals surface area contributed by atoms with Crippen molar-refractivity contribution in [1.82, 2.24) is 0 Å². The highest BCUT2D eigenvalue weighted by molar-refractivity contribution is 9.10. The summed E-state index contributed by atoms with van der Waals surface area (Å²) in [5, 5.41) is 1.89. The second-order valence-corrected chi connectivity index (χ2v) is 6.21. The normalized spacial score (nSPS) is 10.6. The van der Waals surface area contributed by atoms with E-state index in [0.717, 1.165) is 21.7 Å². The Morgan fingerprint density at radius 1 is 1.00 bits per heavy atom. The van der Waals surface area contributed by atoms with Crippen molar-refractivity contribution in [2.45, 2.75) is 13.3 Å². The number of carbonyl (C=O) groups excluding carboxylic acids is 1. The van der Waals surface area contributed by atoms with E-state index in [1.807, 2.05) is 43.3 Å². The molecule has 0 saturated carbocycles. The molecule has 3 nitrogen and oxygen atoms in total. The average molecular weight is 385 g/mol. The van der Waals surface area contributed by atoms with Crippen molar-refractivity contribution in [2.75, 3.05) is 6.61 Å². The molecule has 3 aromatic carbocycles. The van der Waals surface area contributed by atoms with Gasteiger partial charge in [-0.2, -0.15) is 0 Å². The Kier molecular flexibility index (Phi) is 5.16. The topological polar surface area (TPSA) is 35.5 Å². The first kappa shape index (κ1) is 16.5. The summed E-state index contributed by atoms with van der Waals surface area (Å²) in [5.74, 6) is 0.815. The van der Waals surface area contributed by atoms with Gasteiger partial charge in [-0.05, 0) is 42.1 Å². The van der Waals surface area contributed by atoms with Crippen LogP contribution < -0.4 is 9.47 Å². The molecule has 0 fully saturated rings. The first-order valence-corrected chi connectivity index (χ1v) is 8.60. The first-order chi connectivity index (χ1) is 11.7. The third-order valence-electron chi connectivity index (χ3n) is 3.58. The van der Waals surface area contributed by atoms with E-state index >= 15 is 0 Å². The van der Waals surface area contributed by atoms with Crippen LogP contribution in [0.5, 0.6) is 11.5 Å². The summed E-state index contributed by atoms with van der Waals surface area (Å²) in [6.45, 7) is 2.66. The van der Waals surface area contributed by atoms with Gasteiger partial charge < -0.3 is 9.47 Å². The number of benzene rings is 3. The molecule has 0 radical (unpaired) electrons. The zero-order valence-electron chi connectivity index (χ0n) is 13.3. The summed E-state index contributed by atoms with van der Waals surface area (Å²) in [7, 11) is 0. The molecule has 0 atom stereocenters. The largest absolute Gasteiger partial charge is 0.494 e. The quantitative estimate of drug-likeness (QED) is 0.423. The minimum Gasteiger partial charge on any atom is -0.494 e. The molecule has 3 aromatic rings. The van der Waals surface area contributed by atoms with Crippen molar-refractivity contribution in [1.29, 1.82) is 0 Å². The summed E-state index contributed by atoms with van der Waals surface area (Å²) >= 11 is 3.52. The van der Waals surface area contributed by atoms with Gasteiger partial charge in [0.25, 0.3) is 0 Å². The Morgan fingerprint density at radius 3 is 2.58 bits per heavy atom. The van der Waals surface area contributed by atoms with Gasteiger partial charge in [-0.3, -0.25) is 0 Å². The zero-order valence-corrected chi connectivity index (χ0v) is 14.9. The maximum absolute atomic E-state index is 12.5. The SMILES string of the molecule is CCCOc1cccc(C(=O)Oc2ccc(Br)c3ccccc23)c1. The number of ether oxygens (including phenoxy) is 2. The van der Waals surface area contributed by atoms with Crippen LogP contribution in [0.25, 0.3) is 10.8 Å². The molecule has 0 aliphatic rings. The fourth-order valence-electron chi connectivity index (χ4n) is 2.42. The van der Waals surface area contributed by atoms with Crippen molar-refractivity contribution < 1.29 is 14.3 Å². The molecule has 0 saturated heterocycles. The van der Waals surface area contributed by atoms with Gasteiger partial charge in [-0.25, -0.2) is 4.79 Å². The summed E-state index contributed by atoms with van der Waals surface area (Å²) in [6.07, 6.45) is 0.916. The Morgan fingerprint density at radius 2 is 1.79 bits per heavy atom. The first-order valence-electron chi connectivity index (χ1n) is 7.81. The van der Waals surface area contributed by atoms with Crippen LogP contribution in [0.15, 0.2) is 65.1 Å². The van der Waals surface area contributed by atoms with E-state index in [2.05, 4.69) is 15.9 Å². The number of halogens is 1. The molecule has 3 rings (SSSR count). The van der Waals surface area contributed by atoms with E-state index in [4.69, 9.17) is 9.47 Å². The number of carbonyl (C=O) groups is 1. The highest BCUT2D eigenvalue weighted by Crippen LogP contribution is 2.32. The second kappa shape index (κ2) is 7.49. The molecule has 122 valence electrons. The predicted molar refractivity (Wildman–Crippen MR) is 98.8 cm³/mol. The Bertz CT molecular complexity index is 874. The molecule has 4 heteroatoms. The minimum absolute atomic E-state index is 0.399. The third-order valence-corrected chi connectivity index (χ3v) is 4.27. The van der Waals surface area contributed by atoms with Gasteiger partial charge in [0.2, 0.25) is 0 Å². The number of hydrogen-bond donors (Lipinski definition) is 0. The van der Waals surface area contributed by atoms with Crippen molar-refractivity contribution in [2.24, 2.45) is 0 Å². The maximum atomic E-state index is 12.5. The highest BCUT2D eigenvalue weighted by atomic mass is 79.9. The van der Waals surface area contributed by atoms with Gasteiger partial charge in [0.05, 0.1) is 12.2 Å². The molecule has 0 amide bonds. The van der Waals surface area contributed by atoms with Crippen LogP contribution >= 0.6 is 15.9 Å². The van der Waals surface area contributed by atoms with E-state index in [-0.39, 0.29) is 0 Å². The van der Waals surface area contributed by atoms with Crippen molar-refractivity contribution in [3.63, 3.8) is 0 Å². The lowest BCUT2D eigenvalue weighted by Crippen LogP contribution is -2.09. The summed E-state index contributed by atoms with van der Waals surface area (Å²) in [4.78, 5) is 12.5. The van der Waals surface area contributed by atoms with Crippen molar-refractivity contribution in [3.8, 4) is 11.5 Å². The summed E-state index contributed by atoms with van der Waals surface area (Å²) in [5.41, 5.74) is 0.468. The highest BCUT2D eigenvalue weighted by Gasteiger charge is 2.12. The van der Waals surface area contributed by atoms with E-state index in [1.54, 1.807) is 24.3 Å². The maximum Gasteiger partial charge on any atom is 0.343 e. The molecule has 0 spiro atoms. The Hall–Kier alpha value is -2.33. The lowest BCUT2D eigenvalue weighted by atomic mass is 10.1. The molecular weight excluding hydrogens is 368 g/mol. The molecule has 0 N–H and O–H groups in total. The van der Waals surface area contributed by atoms with Gasteiger partial charge >= 0.3 is 5.97 Å². The molecule has 0 aliphatic carbocycles. The zero-order chi connectivity index (χ0) is 16.9. The summed E-state index contributed by atoms with van der Waals surface area (Å²) < 4.78 is 12.1. The molecule has 0 aliphatic heterocycles. The lowest BCUT2D eigenvalue weighted by Gasteiger charge is -2.10. The van der Waals surface area contributed by atoms with Crippen LogP contribution in [0.1, 0.15) is 23.7 Å². The molecule has 0 unspecified atom stereocenters. The van der Waals surface area contributed by atoms with E-state index in [1.165, 1.54) is 0 Å².